The number of ether oxygens (including phenoxy) is 1. The van der Waals surface area contributed by atoms with Crippen molar-refractivity contribution in [1.82, 2.24) is 0 Å². The van der Waals surface area contributed by atoms with E-state index < -0.39 is 11.4 Å². The molecule has 0 radical (unpaired) electrons. The molecule has 1 aliphatic rings. The van der Waals surface area contributed by atoms with E-state index in [0.29, 0.717) is 22.8 Å². The molecule has 4 heteroatoms. The predicted octanol–water partition coefficient (Wildman–Crippen LogP) is 3.10. The molecule has 2 atom stereocenters. The van der Waals surface area contributed by atoms with Gasteiger partial charge in [-0.05, 0) is 37.0 Å². The lowest BCUT2D eigenvalue weighted by atomic mass is 9.57. The number of hydrogen-bond donors (Lipinski definition) is 1. The lowest BCUT2D eigenvalue weighted by molar-refractivity contribution is -0.151. The second-order valence-corrected chi connectivity index (χ2v) is 5.00. The largest absolute Gasteiger partial charge is 0.496 e. The molecule has 3 nitrogen and oxygen atoms in total. The van der Waals surface area contributed by atoms with Gasteiger partial charge in [-0.2, -0.15) is 0 Å². The van der Waals surface area contributed by atoms with E-state index in [-0.39, 0.29) is 5.92 Å². The van der Waals surface area contributed by atoms with E-state index in [9.17, 15) is 9.90 Å². The van der Waals surface area contributed by atoms with Gasteiger partial charge in [0.2, 0.25) is 0 Å². The monoisotopic (exact) mass is 254 g/mol. The van der Waals surface area contributed by atoms with Crippen LogP contribution in [0.3, 0.4) is 0 Å². The summed E-state index contributed by atoms with van der Waals surface area (Å²) in [4.78, 5) is 11.6. The van der Waals surface area contributed by atoms with Crippen molar-refractivity contribution in [2.24, 2.45) is 5.92 Å². The molecule has 0 aliphatic heterocycles. The van der Waals surface area contributed by atoms with E-state index in [1.165, 1.54) is 0 Å². The Hall–Kier alpha value is -1.22. The maximum absolute atomic E-state index is 11.6. The van der Waals surface area contributed by atoms with Crippen LogP contribution in [0.15, 0.2) is 18.2 Å². The minimum atomic E-state index is -0.837. The Balaban J connectivity index is 2.58. The Labute approximate surface area is 105 Å². The van der Waals surface area contributed by atoms with Gasteiger partial charge in [0.05, 0.1) is 12.5 Å². The average Bonchev–Trinajstić information content (AvgIpc) is 2.27. The van der Waals surface area contributed by atoms with E-state index in [2.05, 4.69) is 0 Å². The van der Waals surface area contributed by atoms with Gasteiger partial charge >= 0.3 is 5.97 Å². The topological polar surface area (TPSA) is 46.5 Å². The first-order valence-corrected chi connectivity index (χ1v) is 5.97. The normalized spacial score (nSPS) is 27.4. The summed E-state index contributed by atoms with van der Waals surface area (Å²) < 4.78 is 5.26. The second kappa shape index (κ2) is 4.22. The van der Waals surface area contributed by atoms with Gasteiger partial charge in [-0.1, -0.05) is 18.5 Å². The molecule has 0 bridgehead atoms. The molecule has 1 aliphatic carbocycles. The summed E-state index contributed by atoms with van der Waals surface area (Å²) in [6.07, 6.45) is 1.56. The summed E-state index contributed by atoms with van der Waals surface area (Å²) in [7, 11) is 1.55. The molecule has 0 amide bonds. The first kappa shape index (κ1) is 12.2. The van der Waals surface area contributed by atoms with Crippen LogP contribution in [0.4, 0.5) is 0 Å². The molecule has 1 aromatic rings. The number of halogens is 1. The number of carbonyl (C=O) groups is 1. The third kappa shape index (κ3) is 1.69. The molecule has 92 valence electrons. The highest BCUT2D eigenvalue weighted by Crippen LogP contribution is 2.52. The molecule has 0 saturated heterocycles. The Morgan fingerprint density at radius 3 is 2.71 bits per heavy atom. The van der Waals surface area contributed by atoms with Crippen LogP contribution < -0.4 is 4.74 Å². The minimum Gasteiger partial charge on any atom is -0.496 e. The number of methoxy groups -OCH3 is 1. The molecule has 1 saturated carbocycles. The third-order valence-electron chi connectivity index (χ3n) is 3.84. The van der Waals surface area contributed by atoms with Crippen LogP contribution >= 0.6 is 11.6 Å². The SMILES string of the molecule is COc1ccc(Cl)cc1C1(C(=O)O)CCC1C. The Bertz CT molecular complexity index is 458. The van der Waals surface area contributed by atoms with Gasteiger partial charge in [0.15, 0.2) is 0 Å². The van der Waals surface area contributed by atoms with E-state index in [1.807, 2.05) is 6.92 Å². The number of carboxylic acids is 1. The summed E-state index contributed by atoms with van der Waals surface area (Å²) in [5, 5.41) is 10.1. The van der Waals surface area contributed by atoms with Crippen LogP contribution in [0.25, 0.3) is 0 Å². The first-order chi connectivity index (χ1) is 8.02. The average molecular weight is 255 g/mol. The van der Waals surface area contributed by atoms with Crippen molar-refractivity contribution in [3.63, 3.8) is 0 Å². The van der Waals surface area contributed by atoms with Gasteiger partial charge in [-0.25, -0.2) is 0 Å². The predicted molar refractivity (Wildman–Crippen MR) is 65.7 cm³/mol. The van der Waals surface area contributed by atoms with Crippen LogP contribution in [0.1, 0.15) is 25.3 Å². The summed E-state index contributed by atoms with van der Waals surface area (Å²) in [6.45, 7) is 1.96. The Kier molecular flexibility index (Phi) is 3.04. The third-order valence-corrected chi connectivity index (χ3v) is 4.07. The highest BCUT2D eigenvalue weighted by molar-refractivity contribution is 6.30. The van der Waals surface area contributed by atoms with Crippen molar-refractivity contribution in [1.29, 1.82) is 0 Å². The molecule has 1 fully saturated rings. The fourth-order valence-electron chi connectivity index (χ4n) is 2.58. The minimum absolute atomic E-state index is 0.104. The molecule has 0 heterocycles. The zero-order valence-corrected chi connectivity index (χ0v) is 10.6. The van der Waals surface area contributed by atoms with E-state index in [0.717, 1.165) is 6.42 Å². The van der Waals surface area contributed by atoms with Crippen molar-refractivity contribution < 1.29 is 14.6 Å². The summed E-state index contributed by atoms with van der Waals surface area (Å²) in [6, 6.07) is 5.15. The van der Waals surface area contributed by atoms with Gasteiger partial charge in [-0.3, -0.25) is 4.79 Å². The summed E-state index contributed by atoms with van der Waals surface area (Å²) in [5.74, 6) is -0.0902. The fraction of sp³-hybridized carbons (Fsp3) is 0.462. The highest BCUT2D eigenvalue weighted by atomic mass is 35.5. The summed E-state index contributed by atoms with van der Waals surface area (Å²) in [5.41, 5.74) is -0.144. The van der Waals surface area contributed by atoms with Gasteiger partial charge < -0.3 is 9.84 Å². The first-order valence-electron chi connectivity index (χ1n) is 5.59. The van der Waals surface area contributed by atoms with E-state index in [4.69, 9.17) is 16.3 Å². The van der Waals surface area contributed by atoms with Crippen LogP contribution in [0, 0.1) is 5.92 Å². The zero-order valence-electron chi connectivity index (χ0n) is 9.87. The van der Waals surface area contributed by atoms with Gasteiger partial charge in [-0.15, -0.1) is 0 Å². The molecule has 1 aromatic carbocycles. The molecular formula is C13H15ClO3. The van der Waals surface area contributed by atoms with Gasteiger partial charge in [0, 0.05) is 10.6 Å². The molecule has 2 rings (SSSR count). The van der Waals surface area contributed by atoms with Crippen molar-refractivity contribution in [3.05, 3.63) is 28.8 Å². The van der Waals surface area contributed by atoms with Crippen LogP contribution in [-0.4, -0.2) is 18.2 Å². The quantitative estimate of drug-likeness (QED) is 0.902. The van der Waals surface area contributed by atoms with Gasteiger partial charge in [0.25, 0.3) is 0 Å². The molecule has 0 aromatic heterocycles. The smallest absolute Gasteiger partial charge is 0.314 e. The number of benzene rings is 1. The summed E-state index contributed by atoms with van der Waals surface area (Å²) >= 11 is 5.96. The number of aliphatic carboxylic acids is 1. The lowest BCUT2D eigenvalue weighted by Gasteiger charge is -2.45. The van der Waals surface area contributed by atoms with E-state index >= 15 is 0 Å². The van der Waals surface area contributed by atoms with E-state index in [1.54, 1.807) is 25.3 Å². The lowest BCUT2D eigenvalue weighted by Crippen LogP contribution is -2.49. The molecular weight excluding hydrogens is 240 g/mol. The van der Waals surface area contributed by atoms with Gasteiger partial charge in [0.1, 0.15) is 5.75 Å². The van der Waals surface area contributed by atoms with Crippen molar-refractivity contribution in [3.8, 4) is 5.75 Å². The van der Waals surface area contributed by atoms with Crippen LogP contribution in [0.5, 0.6) is 5.75 Å². The zero-order chi connectivity index (χ0) is 12.6. The molecule has 2 unspecified atom stereocenters. The van der Waals surface area contributed by atoms with Crippen molar-refractivity contribution >= 4 is 17.6 Å². The Morgan fingerprint density at radius 2 is 2.29 bits per heavy atom. The molecule has 1 N–H and O–H groups in total. The van der Waals surface area contributed by atoms with Crippen LogP contribution in [-0.2, 0) is 10.2 Å². The second-order valence-electron chi connectivity index (χ2n) is 4.56. The number of carboxylic acid groups (broad SMARTS) is 1. The standard InChI is InChI=1S/C13H15ClO3/c1-8-5-6-13(8,12(15)16)10-7-9(14)3-4-11(10)17-2/h3-4,7-8H,5-6H2,1-2H3,(H,15,16). The Morgan fingerprint density at radius 1 is 1.59 bits per heavy atom. The van der Waals surface area contributed by atoms with Crippen LogP contribution in [0.2, 0.25) is 5.02 Å². The van der Waals surface area contributed by atoms with Crippen molar-refractivity contribution in [2.45, 2.75) is 25.2 Å². The number of hydrogen-bond acceptors (Lipinski definition) is 2. The molecule has 0 spiro atoms. The van der Waals surface area contributed by atoms with Crippen molar-refractivity contribution in [2.75, 3.05) is 7.11 Å². The number of rotatable bonds is 3. The fourth-order valence-corrected chi connectivity index (χ4v) is 2.76. The molecule has 17 heavy (non-hydrogen) atoms. The highest BCUT2D eigenvalue weighted by Gasteiger charge is 2.53. The maximum Gasteiger partial charge on any atom is 0.314 e. The maximum atomic E-state index is 11.6.